The molecule has 1 atom stereocenters. The van der Waals surface area contributed by atoms with E-state index in [-0.39, 0.29) is 5.82 Å². The Morgan fingerprint density at radius 1 is 1.45 bits per heavy atom. The van der Waals surface area contributed by atoms with E-state index >= 15 is 0 Å². The predicted octanol–water partition coefficient (Wildman–Crippen LogP) is 2.75. The average Bonchev–Trinajstić information content (AvgIpc) is 2.41. The van der Waals surface area contributed by atoms with Crippen molar-refractivity contribution in [1.29, 1.82) is 0 Å². The Morgan fingerprint density at radius 3 is 2.70 bits per heavy atom. The third-order valence-electron chi connectivity index (χ3n) is 3.49. The van der Waals surface area contributed by atoms with Crippen LogP contribution in [0.15, 0.2) is 18.2 Å². The molecule has 0 aliphatic carbocycles. The number of halogens is 1. The molecule has 2 N–H and O–H groups in total. The molecule has 5 heteroatoms. The van der Waals surface area contributed by atoms with Gasteiger partial charge in [-0.25, -0.2) is 4.39 Å². The fourth-order valence-corrected chi connectivity index (χ4v) is 1.82. The summed E-state index contributed by atoms with van der Waals surface area (Å²) in [6.07, 6.45) is 2.02. The van der Waals surface area contributed by atoms with Crippen molar-refractivity contribution in [3.63, 3.8) is 0 Å². The predicted molar refractivity (Wildman–Crippen MR) is 75.6 cm³/mol. The molecule has 0 aromatic heterocycles. The van der Waals surface area contributed by atoms with Crippen molar-refractivity contribution in [1.82, 2.24) is 5.32 Å². The van der Waals surface area contributed by atoms with Gasteiger partial charge in [0.2, 0.25) is 0 Å². The topological polar surface area (TPSA) is 58.6 Å². The molecule has 0 aliphatic heterocycles. The molecule has 0 saturated heterocycles. The first kappa shape index (κ1) is 16.4. The molecule has 1 aromatic carbocycles. The highest BCUT2D eigenvalue weighted by Crippen LogP contribution is 2.17. The standard InChI is InChI=1S/C15H22FNO3/c1-11-10-12(6-7-13(11)16)20-9-5-4-8-15(2,17-3)14(18)19/h6-7,10,17H,4-5,8-9H2,1-3H3,(H,18,19). The lowest BCUT2D eigenvalue weighted by molar-refractivity contribution is -0.144. The number of unbranched alkanes of at least 4 members (excludes halogenated alkanes) is 1. The van der Waals surface area contributed by atoms with Crippen LogP contribution in [0.2, 0.25) is 0 Å². The van der Waals surface area contributed by atoms with E-state index in [9.17, 15) is 9.18 Å². The number of carbonyl (C=O) groups is 1. The molecule has 0 radical (unpaired) electrons. The molecule has 1 unspecified atom stereocenters. The number of carboxylic acids is 1. The fourth-order valence-electron chi connectivity index (χ4n) is 1.82. The van der Waals surface area contributed by atoms with E-state index in [4.69, 9.17) is 9.84 Å². The van der Waals surface area contributed by atoms with Crippen molar-refractivity contribution in [2.45, 2.75) is 38.6 Å². The monoisotopic (exact) mass is 283 g/mol. The van der Waals surface area contributed by atoms with Crippen LogP contribution in [0, 0.1) is 12.7 Å². The largest absolute Gasteiger partial charge is 0.494 e. The number of aryl methyl sites for hydroxylation is 1. The minimum absolute atomic E-state index is 0.247. The average molecular weight is 283 g/mol. The molecule has 0 fully saturated rings. The van der Waals surface area contributed by atoms with Crippen molar-refractivity contribution < 1.29 is 19.0 Å². The quantitative estimate of drug-likeness (QED) is 0.720. The first-order chi connectivity index (χ1) is 9.39. The highest BCUT2D eigenvalue weighted by Gasteiger charge is 2.29. The number of benzene rings is 1. The van der Waals surface area contributed by atoms with Gasteiger partial charge in [0.1, 0.15) is 17.1 Å². The van der Waals surface area contributed by atoms with E-state index in [0.717, 1.165) is 12.8 Å². The van der Waals surface area contributed by atoms with Gasteiger partial charge < -0.3 is 15.2 Å². The highest BCUT2D eigenvalue weighted by atomic mass is 19.1. The second kappa shape index (κ2) is 7.24. The summed E-state index contributed by atoms with van der Waals surface area (Å²) < 4.78 is 18.6. The Labute approximate surface area is 119 Å². The van der Waals surface area contributed by atoms with Gasteiger partial charge in [0.05, 0.1) is 6.61 Å². The molecule has 4 nitrogen and oxygen atoms in total. The number of ether oxygens (including phenoxy) is 1. The van der Waals surface area contributed by atoms with Crippen molar-refractivity contribution in [3.05, 3.63) is 29.6 Å². The summed E-state index contributed by atoms with van der Waals surface area (Å²) in [5.41, 5.74) is -0.344. The maximum atomic E-state index is 13.1. The van der Waals surface area contributed by atoms with Gasteiger partial charge in [-0.05, 0) is 63.9 Å². The van der Waals surface area contributed by atoms with E-state index in [2.05, 4.69) is 5.32 Å². The molecule has 20 heavy (non-hydrogen) atoms. The number of hydrogen-bond acceptors (Lipinski definition) is 3. The summed E-state index contributed by atoms with van der Waals surface area (Å²) in [7, 11) is 1.64. The molecule has 0 heterocycles. The van der Waals surface area contributed by atoms with E-state index in [0.29, 0.717) is 24.3 Å². The first-order valence-corrected chi connectivity index (χ1v) is 6.70. The van der Waals surface area contributed by atoms with Gasteiger partial charge in [-0.3, -0.25) is 4.79 Å². The Bertz CT molecular complexity index is 464. The summed E-state index contributed by atoms with van der Waals surface area (Å²) in [6.45, 7) is 3.84. The second-order valence-electron chi connectivity index (χ2n) is 5.10. The third-order valence-corrected chi connectivity index (χ3v) is 3.49. The molecule has 0 saturated carbocycles. The van der Waals surface area contributed by atoms with E-state index in [1.54, 1.807) is 33.0 Å². The molecule has 0 aliphatic rings. The number of rotatable bonds is 8. The Kier molecular flexibility index (Phi) is 5.95. The Balaban J connectivity index is 2.31. The van der Waals surface area contributed by atoms with Crippen molar-refractivity contribution in [3.8, 4) is 5.75 Å². The molecule has 0 amide bonds. The Morgan fingerprint density at radius 2 is 2.15 bits per heavy atom. The van der Waals surface area contributed by atoms with Gasteiger partial charge in [-0.15, -0.1) is 0 Å². The van der Waals surface area contributed by atoms with Crippen LogP contribution >= 0.6 is 0 Å². The van der Waals surface area contributed by atoms with E-state index in [1.807, 2.05) is 0 Å². The first-order valence-electron chi connectivity index (χ1n) is 6.70. The highest BCUT2D eigenvalue weighted by molar-refractivity contribution is 5.78. The van der Waals surface area contributed by atoms with Gasteiger partial charge in [0, 0.05) is 0 Å². The van der Waals surface area contributed by atoms with Crippen LogP contribution in [0.1, 0.15) is 31.7 Å². The van der Waals surface area contributed by atoms with Gasteiger partial charge in [0.25, 0.3) is 0 Å². The normalized spacial score (nSPS) is 13.8. The maximum absolute atomic E-state index is 13.1. The van der Waals surface area contributed by atoms with Crippen LogP contribution in [-0.4, -0.2) is 30.3 Å². The smallest absolute Gasteiger partial charge is 0.323 e. The summed E-state index contributed by atoms with van der Waals surface area (Å²) >= 11 is 0. The lowest BCUT2D eigenvalue weighted by atomic mass is 9.95. The van der Waals surface area contributed by atoms with Crippen molar-refractivity contribution >= 4 is 5.97 Å². The SMILES string of the molecule is CNC(C)(CCCCOc1ccc(F)c(C)c1)C(=O)O. The Hall–Kier alpha value is -1.62. The molecule has 1 aromatic rings. The van der Waals surface area contributed by atoms with Crippen molar-refractivity contribution in [2.75, 3.05) is 13.7 Å². The number of nitrogens with one attached hydrogen (secondary N) is 1. The molecule has 112 valence electrons. The second-order valence-corrected chi connectivity index (χ2v) is 5.10. The number of hydrogen-bond donors (Lipinski definition) is 2. The minimum Gasteiger partial charge on any atom is -0.494 e. The number of carboxylic acid groups (broad SMARTS) is 1. The summed E-state index contributed by atoms with van der Waals surface area (Å²) in [6, 6.07) is 4.63. The zero-order chi connectivity index (χ0) is 15.2. The van der Waals surface area contributed by atoms with Gasteiger partial charge >= 0.3 is 5.97 Å². The van der Waals surface area contributed by atoms with Gasteiger partial charge in [0.15, 0.2) is 0 Å². The molecular formula is C15H22FNO3. The van der Waals surface area contributed by atoms with Gasteiger partial charge in [-0.2, -0.15) is 0 Å². The lowest BCUT2D eigenvalue weighted by Gasteiger charge is -2.23. The van der Waals surface area contributed by atoms with Crippen LogP contribution < -0.4 is 10.1 Å². The lowest BCUT2D eigenvalue weighted by Crippen LogP contribution is -2.47. The van der Waals surface area contributed by atoms with Crippen LogP contribution in [0.4, 0.5) is 4.39 Å². The van der Waals surface area contributed by atoms with Crippen LogP contribution in [0.25, 0.3) is 0 Å². The van der Waals surface area contributed by atoms with Gasteiger partial charge in [-0.1, -0.05) is 0 Å². The van der Waals surface area contributed by atoms with Crippen LogP contribution in [0.5, 0.6) is 5.75 Å². The van der Waals surface area contributed by atoms with Crippen molar-refractivity contribution in [2.24, 2.45) is 0 Å². The van der Waals surface area contributed by atoms with Crippen LogP contribution in [0.3, 0.4) is 0 Å². The summed E-state index contributed by atoms with van der Waals surface area (Å²) in [4.78, 5) is 11.1. The summed E-state index contributed by atoms with van der Waals surface area (Å²) in [5, 5.41) is 11.9. The van der Waals surface area contributed by atoms with E-state index < -0.39 is 11.5 Å². The summed E-state index contributed by atoms with van der Waals surface area (Å²) in [5.74, 6) is -0.461. The minimum atomic E-state index is -0.896. The number of aliphatic carboxylic acids is 1. The maximum Gasteiger partial charge on any atom is 0.323 e. The zero-order valence-electron chi connectivity index (χ0n) is 12.2. The zero-order valence-corrected chi connectivity index (χ0v) is 12.2. The molecular weight excluding hydrogens is 261 g/mol. The van der Waals surface area contributed by atoms with E-state index in [1.165, 1.54) is 6.07 Å². The number of likely N-dealkylation sites (N-methyl/N-ethyl adjacent to an activating group) is 1. The third kappa shape index (κ3) is 4.49. The molecule has 1 rings (SSSR count). The molecule has 0 spiro atoms. The fraction of sp³-hybridized carbons (Fsp3) is 0.533. The van der Waals surface area contributed by atoms with Crippen LogP contribution in [-0.2, 0) is 4.79 Å². The molecule has 0 bridgehead atoms.